The number of nitrogens with one attached hydrogen (secondary N) is 2. The quantitative estimate of drug-likeness (QED) is 0.874. The van der Waals surface area contributed by atoms with Crippen molar-refractivity contribution in [2.24, 2.45) is 0 Å². The van der Waals surface area contributed by atoms with Crippen LogP contribution in [-0.2, 0) is 0 Å². The molecule has 0 saturated heterocycles. The van der Waals surface area contributed by atoms with Gasteiger partial charge in [0.1, 0.15) is 0 Å². The number of amides is 1. The zero-order valence-corrected chi connectivity index (χ0v) is 13.0. The second-order valence-electron chi connectivity index (χ2n) is 5.62. The highest BCUT2D eigenvalue weighted by atomic mass is 16.1. The van der Waals surface area contributed by atoms with Crippen LogP contribution in [0.4, 0.5) is 11.4 Å². The predicted octanol–water partition coefficient (Wildman–Crippen LogP) is 4.38. The first-order valence-corrected chi connectivity index (χ1v) is 7.21. The molecule has 0 aromatic heterocycles. The molecule has 2 rings (SSSR count). The first kappa shape index (κ1) is 15.1. The van der Waals surface area contributed by atoms with Crippen molar-refractivity contribution in [1.29, 1.82) is 0 Å². The fourth-order valence-electron chi connectivity index (χ4n) is 2.18. The van der Waals surface area contributed by atoms with Crippen LogP contribution >= 0.6 is 0 Å². The summed E-state index contributed by atoms with van der Waals surface area (Å²) in [7, 11) is 0. The molecule has 1 amide bonds. The lowest BCUT2D eigenvalue weighted by Crippen LogP contribution is -2.18. The molecule has 0 aliphatic carbocycles. The fraction of sp³-hybridized carbons (Fsp3) is 0.278. The number of hydrogen-bond donors (Lipinski definition) is 2. The SMILES string of the molecule is Cc1ccc(C)c(NC(=O)c2ccccc2NC(C)C)c1. The topological polar surface area (TPSA) is 41.1 Å². The number of para-hydroxylation sites is 1. The molecular formula is C18H22N2O. The summed E-state index contributed by atoms with van der Waals surface area (Å²) in [4.78, 5) is 12.5. The summed E-state index contributed by atoms with van der Waals surface area (Å²) in [5, 5.41) is 6.31. The molecule has 0 atom stereocenters. The molecule has 0 radical (unpaired) electrons. The van der Waals surface area contributed by atoms with Crippen LogP contribution in [0.25, 0.3) is 0 Å². The zero-order chi connectivity index (χ0) is 15.4. The molecule has 0 aliphatic heterocycles. The summed E-state index contributed by atoms with van der Waals surface area (Å²) < 4.78 is 0. The van der Waals surface area contributed by atoms with Crippen LogP contribution in [0.3, 0.4) is 0 Å². The van der Waals surface area contributed by atoms with Crippen molar-refractivity contribution in [3.8, 4) is 0 Å². The van der Waals surface area contributed by atoms with Gasteiger partial charge >= 0.3 is 0 Å². The molecule has 0 heterocycles. The summed E-state index contributed by atoms with van der Waals surface area (Å²) in [6, 6.07) is 13.9. The Hall–Kier alpha value is -2.29. The Kier molecular flexibility index (Phi) is 4.63. The molecule has 0 saturated carbocycles. The summed E-state index contributed by atoms with van der Waals surface area (Å²) in [6.45, 7) is 8.12. The van der Waals surface area contributed by atoms with E-state index in [1.165, 1.54) is 0 Å². The summed E-state index contributed by atoms with van der Waals surface area (Å²) in [5.74, 6) is -0.0903. The molecule has 0 aliphatic rings. The van der Waals surface area contributed by atoms with Crippen molar-refractivity contribution >= 4 is 17.3 Å². The maximum absolute atomic E-state index is 12.5. The zero-order valence-electron chi connectivity index (χ0n) is 13.0. The molecule has 2 aromatic carbocycles. The molecule has 3 nitrogen and oxygen atoms in total. The molecule has 2 N–H and O–H groups in total. The number of aryl methyl sites for hydroxylation is 2. The van der Waals surface area contributed by atoms with Gasteiger partial charge in [-0.2, -0.15) is 0 Å². The van der Waals surface area contributed by atoms with Gasteiger partial charge in [0, 0.05) is 17.4 Å². The highest BCUT2D eigenvalue weighted by molar-refractivity contribution is 6.08. The number of rotatable bonds is 4. The van der Waals surface area contributed by atoms with E-state index >= 15 is 0 Å². The van der Waals surface area contributed by atoms with Crippen molar-refractivity contribution in [3.05, 3.63) is 59.2 Å². The van der Waals surface area contributed by atoms with Gasteiger partial charge in [-0.15, -0.1) is 0 Å². The lowest BCUT2D eigenvalue weighted by molar-refractivity contribution is 0.102. The van der Waals surface area contributed by atoms with E-state index in [2.05, 4.69) is 24.5 Å². The number of anilines is 2. The summed E-state index contributed by atoms with van der Waals surface area (Å²) in [5.41, 5.74) is 4.56. The van der Waals surface area contributed by atoms with E-state index in [4.69, 9.17) is 0 Å². The highest BCUT2D eigenvalue weighted by Gasteiger charge is 2.12. The number of benzene rings is 2. The Balaban J connectivity index is 2.26. The molecule has 110 valence electrons. The fourth-order valence-corrected chi connectivity index (χ4v) is 2.18. The minimum absolute atomic E-state index is 0.0903. The Morgan fingerprint density at radius 2 is 1.71 bits per heavy atom. The average molecular weight is 282 g/mol. The van der Waals surface area contributed by atoms with E-state index in [1.807, 2.05) is 56.3 Å². The third-order valence-corrected chi connectivity index (χ3v) is 3.26. The van der Waals surface area contributed by atoms with E-state index < -0.39 is 0 Å². The molecule has 0 unspecified atom stereocenters. The first-order chi connectivity index (χ1) is 9.97. The van der Waals surface area contributed by atoms with Crippen LogP contribution in [0.1, 0.15) is 35.3 Å². The maximum Gasteiger partial charge on any atom is 0.257 e. The molecular weight excluding hydrogens is 260 g/mol. The second kappa shape index (κ2) is 6.44. The lowest BCUT2D eigenvalue weighted by atomic mass is 10.1. The van der Waals surface area contributed by atoms with E-state index in [-0.39, 0.29) is 11.9 Å². The minimum Gasteiger partial charge on any atom is -0.382 e. The molecule has 21 heavy (non-hydrogen) atoms. The van der Waals surface area contributed by atoms with Crippen LogP contribution in [0.15, 0.2) is 42.5 Å². The second-order valence-corrected chi connectivity index (χ2v) is 5.62. The van der Waals surface area contributed by atoms with Crippen LogP contribution in [-0.4, -0.2) is 11.9 Å². The van der Waals surface area contributed by atoms with E-state index in [0.717, 1.165) is 22.5 Å². The van der Waals surface area contributed by atoms with Gasteiger partial charge in [0.15, 0.2) is 0 Å². The summed E-state index contributed by atoms with van der Waals surface area (Å²) in [6.07, 6.45) is 0. The van der Waals surface area contributed by atoms with Gasteiger partial charge in [-0.25, -0.2) is 0 Å². The largest absolute Gasteiger partial charge is 0.382 e. The summed E-state index contributed by atoms with van der Waals surface area (Å²) >= 11 is 0. The molecule has 2 aromatic rings. The molecule has 0 spiro atoms. The lowest BCUT2D eigenvalue weighted by Gasteiger charge is -2.15. The Bertz CT molecular complexity index is 647. The van der Waals surface area contributed by atoms with E-state index in [0.29, 0.717) is 5.56 Å². The van der Waals surface area contributed by atoms with Gasteiger partial charge in [-0.3, -0.25) is 4.79 Å². The minimum atomic E-state index is -0.0903. The van der Waals surface area contributed by atoms with E-state index in [1.54, 1.807) is 0 Å². The van der Waals surface area contributed by atoms with Gasteiger partial charge < -0.3 is 10.6 Å². The Morgan fingerprint density at radius 1 is 1.00 bits per heavy atom. The number of hydrogen-bond acceptors (Lipinski definition) is 2. The average Bonchev–Trinajstić information content (AvgIpc) is 2.42. The first-order valence-electron chi connectivity index (χ1n) is 7.21. The van der Waals surface area contributed by atoms with Crippen molar-refractivity contribution in [1.82, 2.24) is 0 Å². The Morgan fingerprint density at radius 3 is 2.43 bits per heavy atom. The predicted molar refractivity (Wildman–Crippen MR) is 89.1 cm³/mol. The molecule has 3 heteroatoms. The van der Waals surface area contributed by atoms with Gasteiger partial charge in [-0.05, 0) is 57.0 Å². The Labute approximate surface area is 126 Å². The third-order valence-electron chi connectivity index (χ3n) is 3.26. The van der Waals surface area contributed by atoms with Crippen molar-refractivity contribution in [2.45, 2.75) is 33.7 Å². The van der Waals surface area contributed by atoms with Crippen LogP contribution in [0.5, 0.6) is 0 Å². The standard InChI is InChI=1S/C18H22N2O/c1-12(2)19-16-8-6-5-7-15(16)18(21)20-17-11-13(3)9-10-14(17)4/h5-12,19H,1-4H3,(H,20,21). The van der Waals surface area contributed by atoms with Gasteiger partial charge in [-0.1, -0.05) is 24.3 Å². The van der Waals surface area contributed by atoms with Crippen LogP contribution in [0, 0.1) is 13.8 Å². The van der Waals surface area contributed by atoms with Crippen molar-refractivity contribution in [3.63, 3.8) is 0 Å². The van der Waals surface area contributed by atoms with Crippen LogP contribution < -0.4 is 10.6 Å². The highest BCUT2D eigenvalue weighted by Crippen LogP contribution is 2.21. The van der Waals surface area contributed by atoms with E-state index in [9.17, 15) is 4.79 Å². The molecule has 0 fully saturated rings. The van der Waals surface area contributed by atoms with Gasteiger partial charge in [0.2, 0.25) is 0 Å². The third kappa shape index (κ3) is 3.85. The number of carbonyl (C=O) groups is 1. The number of carbonyl (C=O) groups excluding carboxylic acids is 1. The normalized spacial score (nSPS) is 10.5. The van der Waals surface area contributed by atoms with Crippen molar-refractivity contribution < 1.29 is 4.79 Å². The van der Waals surface area contributed by atoms with Crippen LogP contribution in [0.2, 0.25) is 0 Å². The monoisotopic (exact) mass is 282 g/mol. The van der Waals surface area contributed by atoms with Gasteiger partial charge in [0.25, 0.3) is 5.91 Å². The maximum atomic E-state index is 12.5. The smallest absolute Gasteiger partial charge is 0.257 e. The van der Waals surface area contributed by atoms with Gasteiger partial charge in [0.05, 0.1) is 5.56 Å². The molecule has 0 bridgehead atoms. The van der Waals surface area contributed by atoms with Crippen molar-refractivity contribution in [2.75, 3.05) is 10.6 Å².